The molecule has 0 radical (unpaired) electrons. The van der Waals surface area contributed by atoms with Crippen LogP contribution in [0.25, 0.3) is 22.5 Å². The summed E-state index contributed by atoms with van der Waals surface area (Å²) in [5, 5.41) is 14.8. The molecule has 0 aliphatic carbocycles. The molecule has 4 rings (SSSR count). The second-order valence-electron chi connectivity index (χ2n) is 7.37. The van der Waals surface area contributed by atoms with Gasteiger partial charge in [-0.1, -0.05) is 72.4 Å². The molecular weight excluding hydrogens is 436 g/mol. The first-order valence-corrected chi connectivity index (χ1v) is 12.5. The second kappa shape index (κ2) is 10.6. The smallest absolute Gasteiger partial charge is 0.230 e. The van der Waals surface area contributed by atoms with Crippen LogP contribution in [0.2, 0.25) is 0 Å². The highest BCUT2D eigenvalue weighted by molar-refractivity contribution is 7.99. The van der Waals surface area contributed by atoms with Crippen LogP contribution in [0, 0.1) is 6.92 Å². The quantitative estimate of drug-likeness (QED) is 0.336. The Morgan fingerprint density at radius 3 is 2.50 bits per heavy atom. The third-order valence-corrected chi connectivity index (χ3v) is 7.10. The maximum atomic E-state index is 12.3. The summed E-state index contributed by atoms with van der Waals surface area (Å²) < 4.78 is 2.09. The summed E-state index contributed by atoms with van der Waals surface area (Å²) in [6.07, 6.45) is 0.826. The SMILES string of the molecule is CCn1c(SCC(=O)NCCc2ccccc2)nnc1-c1csc(C)c1-c1ccccc1. The molecule has 0 aliphatic rings. The number of carbonyl (C=O) groups excluding carboxylic acids is 1. The van der Waals surface area contributed by atoms with Gasteiger partial charge in [-0.25, -0.2) is 0 Å². The van der Waals surface area contributed by atoms with E-state index < -0.39 is 0 Å². The Morgan fingerprint density at radius 2 is 1.78 bits per heavy atom. The number of thiophene rings is 1. The Balaban J connectivity index is 1.44. The predicted octanol–water partition coefficient (Wildman–Crippen LogP) is 5.45. The summed E-state index contributed by atoms with van der Waals surface area (Å²) in [7, 11) is 0. The molecule has 0 saturated heterocycles. The molecule has 4 aromatic rings. The minimum atomic E-state index is 0.00878. The van der Waals surface area contributed by atoms with Crippen molar-refractivity contribution in [3.8, 4) is 22.5 Å². The molecule has 2 heterocycles. The number of thioether (sulfide) groups is 1. The largest absolute Gasteiger partial charge is 0.355 e. The summed E-state index contributed by atoms with van der Waals surface area (Å²) in [4.78, 5) is 13.6. The number of benzene rings is 2. The molecule has 0 fully saturated rings. The number of amides is 1. The lowest BCUT2D eigenvalue weighted by Gasteiger charge is -2.09. The Hall–Kier alpha value is -2.90. The number of hydrogen-bond acceptors (Lipinski definition) is 5. The van der Waals surface area contributed by atoms with E-state index in [1.807, 2.05) is 24.3 Å². The molecule has 2 aromatic carbocycles. The van der Waals surface area contributed by atoms with E-state index in [1.54, 1.807) is 11.3 Å². The molecule has 0 spiro atoms. The normalized spacial score (nSPS) is 10.9. The molecule has 164 valence electrons. The fraction of sp³-hybridized carbons (Fsp3) is 0.240. The summed E-state index contributed by atoms with van der Waals surface area (Å²) in [6, 6.07) is 20.6. The van der Waals surface area contributed by atoms with Crippen LogP contribution in [-0.4, -0.2) is 33.0 Å². The Bertz CT molecular complexity index is 1170. The number of nitrogens with one attached hydrogen (secondary N) is 1. The average molecular weight is 463 g/mol. The molecule has 2 aromatic heterocycles. The van der Waals surface area contributed by atoms with Gasteiger partial charge in [0.25, 0.3) is 0 Å². The van der Waals surface area contributed by atoms with E-state index in [9.17, 15) is 4.79 Å². The van der Waals surface area contributed by atoms with Crippen LogP contribution in [0.15, 0.2) is 71.2 Å². The van der Waals surface area contributed by atoms with Gasteiger partial charge in [-0.15, -0.1) is 21.5 Å². The van der Waals surface area contributed by atoms with Gasteiger partial charge >= 0.3 is 0 Å². The molecular formula is C25H26N4OS2. The zero-order valence-electron chi connectivity index (χ0n) is 18.2. The zero-order valence-corrected chi connectivity index (χ0v) is 19.9. The van der Waals surface area contributed by atoms with Crippen LogP contribution in [0.3, 0.4) is 0 Å². The number of nitrogens with zero attached hydrogens (tertiary/aromatic N) is 3. The van der Waals surface area contributed by atoms with Gasteiger partial charge in [0.15, 0.2) is 11.0 Å². The van der Waals surface area contributed by atoms with E-state index in [1.165, 1.54) is 33.3 Å². The van der Waals surface area contributed by atoms with E-state index in [0.29, 0.717) is 12.3 Å². The van der Waals surface area contributed by atoms with Crippen LogP contribution < -0.4 is 5.32 Å². The molecule has 1 N–H and O–H groups in total. The van der Waals surface area contributed by atoms with Crippen LogP contribution in [0.5, 0.6) is 0 Å². The average Bonchev–Trinajstić information content (AvgIpc) is 3.41. The zero-order chi connectivity index (χ0) is 22.3. The number of rotatable bonds is 9. The lowest BCUT2D eigenvalue weighted by atomic mass is 10.0. The lowest BCUT2D eigenvalue weighted by Crippen LogP contribution is -2.27. The molecule has 0 aliphatic heterocycles. The van der Waals surface area contributed by atoms with Crippen molar-refractivity contribution in [2.75, 3.05) is 12.3 Å². The Labute approximate surface area is 196 Å². The van der Waals surface area contributed by atoms with Crippen molar-refractivity contribution in [1.82, 2.24) is 20.1 Å². The number of hydrogen-bond donors (Lipinski definition) is 1. The molecule has 32 heavy (non-hydrogen) atoms. The molecule has 1 amide bonds. The number of aryl methyl sites for hydroxylation is 1. The molecule has 5 nitrogen and oxygen atoms in total. The first-order chi connectivity index (χ1) is 15.7. The first-order valence-electron chi connectivity index (χ1n) is 10.7. The number of carbonyl (C=O) groups is 1. The van der Waals surface area contributed by atoms with E-state index in [4.69, 9.17) is 0 Å². The van der Waals surface area contributed by atoms with Crippen molar-refractivity contribution in [2.45, 2.75) is 32.0 Å². The highest BCUT2D eigenvalue weighted by Crippen LogP contribution is 2.39. The van der Waals surface area contributed by atoms with Crippen molar-refractivity contribution in [3.63, 3.8) is 0 Å². The highest BCUT2D eigenvalue weighted by atomic mass is 32.2. The third kappa shape index (κ3) is 5.11. The number of aromatic nitrogens is 3. The maximum Gasteiger partial charge on any atom is 0.230 e. The van der Waals surface area contributed by atoms with E-state index >= 15 is 0 Å². The molecule has 0 unspecified atom stereocenters. The Kier molecular flexibility index (Phi) is 7.39. The van der Waals surface area contributed by atoms with Gasteiger partial charge in [0.05, 0.1) is 5.75 Å². The van der Waals surface area contributed by atoms with Gasteiger partial charge in [-0.3, -0.25) is 4.79 Å². The van der Waals surface area contributed by atoms with E-state index in [0.717, 1.165) is 29.5 Å². The van der Waals surface area contributed by atoms with Gasteiger partial charge in [0.2, 0.25) is 5.91 Å². The first kappa shape index (κ1) is 22.3. The van der Waals surface area contributed by atoms with E-state index in [2.05, 4.69) is 75.7 Å². The summed E-state index contributed by atoms with van der Waals surface area (Å²) >= 11 is 3.15. The molecule has 0 atom stereocenters. The fourth-order valence-electron chi connectivity index (χ4n) is 3.63. The summed E-state index contributed by atoms with van der Waals surface area (Å²) in [5.41, 5.74) is 4.69. The maximum absolute atomic E-state index is 12.3. The lowest BCUT2D eigenvalue weighted by molar-refractivity contribution is -0.118. The highest BCUT2D eigenvalue weighted by Gasteiger charge is 2.20. The predicted molar refractivity (Wildman–Crippen MR) is 133 cm³/mol. The molecule has 0 saturated carbocycles. The second-order valence-corrected chi connectivity index (χ2v) is 9.40. The van der Waals surface area contributed by atoms with E-state index in [-0.39, 0.29) is 5.91 Å². The van der Waals surface area contributed by atoms with Gasteiger partial charge in [-0.05, 0) is 31.4 Å². The topological polar surface area (TPSA) is 59.8 Å². The van der Waals surface area contributed by atoms with Crippen molar-refractivity contribution < 1.29 is 4.79 Å². The van der Waals surface area contributed by atoms with Gasteiger partial charge < -0.3 is 9.88 Å². The monoisotopic (exact) mass is 462 g/mol. The van der Waals surface area contributed by atoms with Crippen LogP contribution in [0.4, 0.5) is 0 Å². The van der Waals surface area contributed by atoms with Crippen molar-refractivity contribution in [2.24, 2.45) is 0 Å². The summed E-state index contributed by atoms with van der Waals surface area (Å²) in [6.45, 7) is 5.59. The van der Waals surface area contributed by atoms with Crippen LogP contribution in [-0.2, 0) is 17.8 Å². The van der Waals surface area contributed by atoms with Gasteiger partial charge in [0.1, 0.15) is 0 Å². The Morgan fingerprint density at radius 1 is 1.06 bits per heavy atom. The fourth-order valence-corrected chi connectivity index (χ4v) is 5.33. The van der Waals surface area contributed by atoms with Gasteiger partial charge in [-0.2, -0.15) is 0 Å². The van der Waals surface area contributed by atoms with Gasteiger partial charge in [0, 0.05) is 34.5 Å². The third-order valence-electron chi connectivity index (χ3n) is 5.22. The molecule has 0 bridgehead atoms. The molecule has 7 heteroatoms. The van der Waals surface area contributed by atoms with Crippen molar-refractivity contribution >= 4 is 29.0 Å². The standard InChI is InChI=1S/C25H26N4OS2/c1-3-29-24(21-16-31-18(2)23(21)20-12-8-5-9-13-20)27-28-25(29)32-17-22(30)26-15-14-19-10-6-4-7-11-19/h4-13,16H,3,14-15,17H2,1-2H3,(H,26,30). The van der Waals surface area contributed by atoms with Crippen LogP contribution in [0.1, 0.15) is 17.4 Å². The summed E-state index contributed by atoms with van der Waals surface area (Å²) in [5.74, 6) is 1.18. The van der Waals surface area contributed by atoms with Crippen LogP contribution >= 0.6 is 23.1 Å². The van der Waals surface area contributed by atoms with Crippen molar-refractivity contribution in [3.05, 3.63) is 76.5 Å². The minimum absolute atomic E-state index is 0.00878. The minimum Gasteiger partial charge on any atom is -0.355 e. The van der Waals surface area contributed by atoms with Crippen molar-refractivity contribution in [1.29, 1.82) is 0 Å².